The van der Waals surface area contributed by atoms with Crippen LogP contribution < -0.4 is 33.8 Å². The van der Waals surface area contributed by atoms with Crippen molar-refractivity contribution in [2.45, 2.75) is 0 Å². The first kappa shape index (κ1) is 14.9. The fraction of sp³-hybridized carbons (Fsp3) is 0.100. The molecule has 0 saturated carbocycles. The molecule has 0 aliphatic heterocycles. The van der Waals surface area contributed by atoms with E-state index in [0.717, 1.165) is 0 Å². The van der Waals surface area contributed by atoms with E-state index in [9.17, 15) is 4.79 Å². The zero-order valence-corrected chi connectivity index (χ0v) is 10.7. The third-order valence-corrected chi connectivity index (χ3v) is 2.19. The minimum absolute atomic E-state index is 0.0961. The molecule has 0 aliphatic rings. The number of hydrogen-bond acceptors (Lipinski definition) is 6. The molecule has 0 atom stereocenters. The first-order chi connectivity index (χ1) is 9.53. The zero-order chi connectivity index (χ0) is 15.1. The molecule has 0 heterocycles. The van der Waals surface area contributed by atoms with Gasteiger partial charge in [-0.2, -0.15) is 0 Å². The summed E-state index contributed by atoms with van der Waals surface area (Å²) in [5.74, 6) is 9.21. The molecule has 0 unspecified atom stereocenters. The highest BCUT2D eigenvalue weighted by Crippen LogP contribution is 2.25. The molecule has 20 heavy (non-hydrogen) atoms. The minimum atomic E-state index is -0.640. The van der Waals surface area contributed by atoms with Gasteiger partial charge in [-0.05, 0) is 18.2 Å². The Morgan fingerprint density at radius 1 is 1.15 bits per heavy atom. The van der Waals surface area contributed by atoms with E-state index in [4.69, 9.17) is 27.9 Å². The van der Waals surface area contributed by atoms with Gasteiger partial charge in [0.2, 0.25) is 11.9 Å². The molecule has 1 rings (SSSR count). The summed E-state index contributed by atoms with van der Waals surface area (Å²) in [6, 6.07) is 5.70. The molecule has 107 valence electrons. The molecule has 10 N–H and O–H groups in total. The Labute approximate surface area is 114 Å². The highest BCUT2D eigenvalue weighted by Gasteiger charge is 2.18. The summed E-state index contributed by atoms with van der Waals surface area (Å²) in [7, 11) is 1.23. The van der Waals surface area contributed by atoms with Crippen molar-refractivity contribution in [3.05, 3.63) is 23.8 Å². The van der Waals surface area contributed by atoms with E-state index in [1.54, 1.807) is 0 Å². The predicted octanol–water partition coefficient (Wildman–Crippen LogP) is -1.53. The summed E-state index contributed by atoms with van der Waals surface area (Å²) in [5, 5.41) is 11.7. The molecule has 0 fully saturated rings. The monoisotopic (exact) mass is 279 g/mol. The molecule has 0 aromatic heterocycles. The Morgan fingerprint density at radius 3 is 1.95 bits per heavy atom. The maximum absolute atomic E-state index is 11.9. The second-order valence-electron chi connectivity index (χ2n) is 3.43. The van der Waals surface area contributed by atoms with E-state index in [1.165, 1.54) is 19.2 Å². The van der Waals surface area contributed by atoms with Crippen LogP contribution >= 0.6 is 0 Å². The van der Waals surface area contributed by atoms with Crippen molar-refractivity contribution in [3.63, 3.8) is 0 Å². The number of nitrogens with zero attached hydrogens (tertiary/aromatic N) is 2. The first-order valence-electron chi connectivity index (χ1n) is 5.26. The van der Waals surface area contributed by atoms with E-state index >= 15 is 0 Å². The minimum Gasteiger partial charge on any atom is -0.465 e. The summed E-state index contributed by atoms with van der Waals surface area (Å²) >= 11 is 0. The highest BCUT2D eigenvalue weighted by atomic mass is 16.5. The number of hydrazone groups is 2. The number of rotatable bonds is 3. The Bertz CT molecular complexity index is 516. The van der Waals surface area contributed by atoms with Gasteiger partial charge in [-0.25, -0.2) is 4.79 Å². The molecule has 0 bridgehead atoms. The number of benzene rings is 1. The van der Waals surface area contributed by atoms with Crippen LogP contribution in [0.3, 0.4) is 0 Å². The van der Waals surface area contributed by atoms with Crippen LogP contribution in [-0.4, -0.2) is 25.0 Å². The second-order valence-corrected chi connectivity index (χ2v) is 3.43. The fourth-order valence-corrected chi connectivity index (χ4v) is 1.36. The van der Waals surface area contributed by atoms with Crippen LogP contribution in [0.4, 0.5) is 11.4 Å². The van der Waals surface area contributed by atoms with Crippen molar-refractivity contribution in [3.8, 4) is 0 Å². The molecule has 0 saturated heterocycles. The lowest BCUT2D eigenvalue weighted by Crippen LogP contribution is -2.28. The second kappa shape index (κ2) is 6.68. The molecule has 1 radical (unpaired) electrons. The number of carbonyl (C=O) groups excluding carboxylic acids is 1. The average molecular weight is 279 g/mol. The maximum Gasteiger partial charge on any atom is 0.342 e. The van der Waals surface area contributed by atoms with Gasteiger partial charge in [0, 0.05) is 0 Å². The summed E-state index contributed by atoms with van der Waals surface area (Å²) < 4.78 is 4.69. The van der Waals surface area contributed by atoms with Gasteiger partial charge < -0.3 is 38.5 Å². The van der Waals surface area contributed by atoms with Crippen LogP contribution in [0.1, 0.15) is 10.4 Å². The summed E-state index contributed by atoms with van der Waals surface area (Å²) in [6.45, 7) is 0. The number of anilines is 2. The van der Waals surface area contributed by atoms with Crippen molar-refractivity contribution >= 4 is 29.3 Å². The van der Waals surface area contributed by atoms with E-state index in [2.05, 4.69) is 26.9 Å². The van der Waals surface area contributed by atoms with Crippen LogP contribution in [0.2, 0.25) is 0 Å². The topological polar surface area (TPSA) is 179 Å². The largest absolute Gasteiger partial charge is 0.465 e. The molecular formula is C10H15N8O2. The quantitative estimate of drug-likeness (QED) is 0.127. The lowest BCUT2D eigenvalue weighted by molar-refractivity contribution is 0.0603. The predicted molar refractivity (Wildman–Crippen MR) is 75.5 cm³/mol. The number of nitrogens with one attached hydrogen (secondary N) is 2. The van der Waals surface area contributed by atoms with E-state index in [0.29, 0.717) is 0 Å². The van der Waals surface area contributed by atoms with Crippen molar-refractivity contribution in [1.29, 1.82) is 0 Å². The van der Waals surface area contributed by atoms with Crippen LogP contribution in [0.15, 0.2) is 22.3 Å². The van der Waals surface area contributed by atoms with E-state index < -0.39 is 5.97 Å². The highest BCUT2D eigenvalue weighted by molar-refractivity contribution is 6.08. The van der Waals surface area contributed by atoms with Gasteiger partial charge in [-0.15, -0.1) is 10.2 Å². The van der Waals surface area contributed by atoms with E-state index in [1.807, 2.05) is 0 Å². The number of ether oxygens (including phenoxy) is 1. The van der Waals surface area contributed by atoms with Crippen molar-refractivity contribution < 1.29 is 9.53 Å². The molecule has 1 aromatic rings. The fourth-order valence-electron chi connectivity index (χ4n) is 1.36. The van der Waals surface area contributed by atoms with Gasteiger partial charge in [0.1, 0.15) is 5.56 Å². The Hall–Kier alpha value is -3.17. The van der Waals surface area contributed by atoms with Gasteiger partial charge in [-0.1, -0.05) is 0 Å². The van der Waals surface area contributed by atoms with Gasteiger partial charge in [0.15, 0.2) is 0 Å². The lowest BCUT2D eigenvalue weighted by Gasteiger charge is -2.14. The van der Waals surface area contributed by atoms with Crippen molar-refractivity contribution in [2.75, 3.05) is 17.7 Å². The molecule has 0 spiro atoms. The van der Waals surface area contributed by atoms with Gasteiger partial charge in [0.05, 0.1) is 18.5 Å². The smallest absolute Gasteiger partial charge is 0.342 e. The van der Waals surface area contributed by atoms with Gasteiger partial charge in [-0.3, -0.25) is 0 Å². The van der Waals surface area contributed by atoms with Crippen LogP contribution in [0, 0.1) is 6.07 Å². The Balaban J connectivity index is 3.30. The van der Waals surface area contributed by atoms with E-state index in [-0.39, 0.29) is 28.9 Å². The number of hydrogen-bond donors (Lipinski definition) is 6. The molecule has 0 aliphatic carbocycles. The summed E-state index contributed by atoms with van der Waals surface area (Å²) in [4.78, 5) is 11.9. The standard InChI is InChI=1S/C10H15N8O2/c1-20-8(19)7-5(15-9(11)17-13)3-2-4-6(7)16-10(12)18-14/h3-4H,13-14H2,1H3,(H3,11,15,17)(H3,12,16,18). The van der Waals surface area contributed by atoms with Gasteiger partial charge >= 0.3 is 5.97 Å². The number of guanidine groups is 2. The number of carbonyl (C=O) groups is 1. The normalized spacial score (nSPS) is 11.8. The van der Waals surface area contributed by atoms with Crippen molar-refractivity contribution in [2.24, 2.45) is 33.4 Å². The zero-order valence-electron chi connectivity index (χ0n) is 10.7. The molecule has 1 aromatic carbocycles. The number of methoxy groups -OCH3 is 1. The molecule has 10 nitrogen and oxygen atoms in total. The number of nitrogens with two attached hydrogens (primary N) is 4. The van der Waals surface area contributed by atoms with Crippen LogP contribution in [0.25, 0.3) is 0 Å². The third kappa shape index (κ3) is 3.41. The van der Waals surface area contributed by atoms with Crippen LogP contribution in [-0.2, 0) is 4.74 Å². The third-order valence-electron chi connectivity index (χ3n) is 2.19. The molecule has 0 amide bonds. The summed E-state index contributed by atoms with van der Waals surface area (Å²) in [6.07, 6.45) is 0. The van der Waals surface area contributed by atoms with Gasteiger partial charge in [0.25, 0.3) is 0 Å². The summed E-state index contributed by atoms with van der Waals surface area (Å²) in [5.41, 5.74) is 11.6. The average Bonchev–Trinajstić information content (AvgIpc) is 2.46. The Kier molecular flexibility index (Phi) is 4.97. The van der Waals surface area contributed by atoms with Crippen LogP contribution in [0.5, 0.6) is 0 Å². The maximum atomic E-state index is 11.9. The molecule has 10 heteroatoms. The first-order valence-corrected chi connectivity index (χ1v) is 5.26. The lowest BCUT2D eigenvalue weighted by atomic mass is 10.1. The Morgan fingerprint density at radius 2 is 1.60 bits per heavy atom. The van der Waals surface area contributed by atoms with Crippen molar-refractivity contribution in [1.82, 2.24) is 0 Å². The number of esters is 1. The molecular weight excluding hydrogens is 264 g/mol. The SMILES string of the molecule is COC(=O)c1c(NC(N)=NN)c[c]cc1NC(N)=NN.